The van der Waals surface area contributed by atoms with Crippen molar-refractivity contribution in [3.8, 4) is 0 Å². The summed E-state index contributed by atoms with van der Waals surface area (Å²) >= 11 is 0. The summed E-state index contributed by atoms with van der Waals surface area (Å²) in [5.41, 5.74) is 0. The Morgan fingerprint density at radius 2 is 2.00 bits per heavy atom. The summed E-state index contributed by atoms with van der Waals surface area (Å²) in [6.45, 7) is 3.91. The van der Waals surface area contributed by atoms with Gasteiger partial charge in [-0.05, 0) is 25.7 Å². The zero-order chi connectivity index (χ0) is 13.1. The second-order valence-corrected chi connectivity index (χ2v) is 5.37. The summed E-state index contributed by atoms with van der Waals surface area (Å²) < 4.78 is 10.5. The molecule has 102 valence electrons. The zero-order valence-electron chi connectivity index (χ0n) is 11.2. The number of carbonyl (C=O) groups excluding carboxylic acids is 2. The smallest absolute Gasteiger partial charge is 0.313 e. The van der Waals surface area contributed by atoms with Gasteiger partial charge in [0.15, 0.2) is 0 Å². The van der Waals surface area contributed by atoms with E-state index in [-0.39, 0.29) is 24.0 Å². The topological polar surface area (TPSA) is 52.6 Å². The molecule has 18 heavy (non-hydrogen) atoms. The summed E-state index contributed by atoms with van der Waals surface area (Å²) in [7, 11) is 0. The third-order valence-corrected chi connectivity index (χ3v) is 4.19. The first-order valence-electron chi connectivity index (χ1n) is 7.02. The van der Waals surface area contributed by atoms with Crippen LogP contribution in [0.4, 0.5) is 0 Å². The lowest BCUT2D eigenvalue weighted by Crippen LogP contribution is -2.35. The highest BCUT2D eigenvalue weighted by atomic mass is 16.6. The van der Waals surface area contributed by atoms with Gasteiger partial charge >= 0.3 is 11.9 Å². The molecule has 4 nitrogen and oxygen atoms in total. The highest BCUT2D eigenvalue weighted by molar-refractivity contribution is 5.85. The van der Waals surface area contributed by atoms with Gasteiger partial charge in [-0.1, -0.05) is 26.2 Å². The molecular weight excluding hydrogens is 232 g/mol. The van der Waals surface area contributed by atoms with E-state index in [0.29, 0.717) is 12.5 Å². The van der Waals surface area contributed by atoms with Crippen molar-refractivity contribution in [2.24, 2.45) is 17.8 Å². The Hall–Kier alpha value is -1.06. The molecule has 0 radical (unpaired) electrons. The van der Waals surface area contributed by atoms with Crippen molar-refractivity contribution >= 4 is 11.9 Å². The molecule has 0 unspecified atom stereocenters. The largest absolute Gasteiger partial charge is 0.466 e. The standard InChI is InChI=1S/C14H22O4/c1-3-17-14(16)11-9(2)13(15)18-12(11)10-7-5-4-6-8-10/h9-12H,3-8H2,1-2H3/t9-,11+,12+/m0/s1. The second kappa shape index (κ2) is 5.72. The SMILES string of the molecule is CCOC(=O)[C@@H]1[C@H](C)C(=O)O[C@@H]1C1CCCCC1. The molecule has 3 atom stereocenters. The van der Waals surface area contributed by atoms with Crippen LogP contribution in [0.25, 0.3) is 0 Å². The molecule has 2 aliphatic rings. The number of hydrogen-bond acceptors (Lipinski definition) is 4. The van der Waals surface area contributed by atoms with Gasteiger partial charge in [0.05, 0.1) is 12.5 Å². The molecule has 0 bridgehead atoms. The molecular formula is C14H22O4. The van der Waals surface area contributed by atoms with Crippen molar-refractivity contribution in [1.29, 1.82) is 0 Å². The first kappa shape index (κ1) is 13.4. The highest BCUT2D eigenvalue weighted by Crippen LogP contribution is 2.39. The van der Waals surface area contributed by atoms with E-state index in [4.69, 9.17) is 9.47 Å². The Morgan fingerprint density at radius 1 is 1.33 bits per heavy atom. The fourth-order valence-electron chi connectivity index (χ4n) is 3.17. The summed E-state index contributed by atoms with van der Waals surface area (Å²) in [6.07, 6.45) is 5.44. The summed E-state index contributed by atoms with van der Waals surface area (Å²) in [6, 6.07) is 0. The number of rotatable bonds is 3. The molecule has 2 fully saturated rings. The molecule has 0 amide bonds. The molecule has 0 aromatic heterocycles. The Morgan fingerprint density at radius 3 is 2.61 bits per heavy atom. The van der Waals surface area contributed by atoms with Gasteiger partial charge in [-0.15, -0.1) is 0 Å². The minimum Gasteiger partial charge on any atom is -0.466 e. The number of ether oxygens (including phenoxy) is 2. The molecule has 1 saturated carbocycles. The third-order valence-electron chi connectivity index (χ3n) is 4.19. The Labute approximate surface area is 108 Å². The fraction of sp³-hybridized carbons (Fsp3) is 0.857. The van der Waals surface area contributed by atoms with Gasteiger partial charge in [-0.3, -0.25) is 9.59 Å². The van der Waals surface area contributed by atoms with Crippen LogP contribution < -0.4 is 0 Å². The van der Waals surface area contributed by atoms with Crippen LogP contribution in [0.1, 0.15) is 46.0 Å². The van der Waals surface area contributed by atoms with Crippen LogP contribution in [0.3, 0.4) is 0 Å². The van der Waals surface area contributed by atoms with Crippen molar-refractivity contribution in [1.82, 2.24) is 0 Å². The first-order chi connectivity index (χ1) is 8.65. The van der Waals surface area contributed by atoms with Gasteiger partial charge in [-0.2, -0.15) is 0 Å². The van der Waals surface area contributed by atoms with Crippen LogP contribution in [-0.4, -0.2) is 24.6 Å². The predicted molar refractivity (Wildman–Crippen MR) is 65.7 cm³/mol. The molecule has 1 heterocycles. The average molecular weight is 254 g/mol. The second-order valence-electron chi connectivity index (χ2n) is 5.37. The first-order valence-corrected chi connectivity index (χ1v) is 7.02. The monoisotopic (exact) mass is 254 g/mol. The van der Waals surface area contributed by atoms with Crippen molar-refractivity contribution in [2.75, 3.05) is 6.61 Å². The highest BCUT2D eigenvalue weighted by Gasteiger charge is 2.50. The van der Waals surface area contributed by atoms with E-state index in [2.05, 4.69) is 0 Å². The van der Waals surface area contributed by atoms with E-state index in [1.807, 2.05) is 0 Å². The number of hydrogen-bond donors (Lipinski definition) is 0. The molecule has 0 spiro atoms. The maximum absolute atomic E-state index is 12.0. The van der Waals surface area contributed by atoms with Gasteiger partial charge in [0.1, 0.15) is 12.0 Å². The molecule has 1 saturated heterocycles. The van der Waals surface area contributed by atoms with Gasteiger partial charge in [0.25, 0.3) is 0 Å². The van der Waals surface area contributed by atoms with Crippen molar-refractivity contribution in [3.05, 3.63) is 0 Å². The van der Waals surface area contributed by atoms with E-state index in [0.717, 1.165) is 12.8 Å². The normalized spacial score (nSPS) is 33.2. The van der Waals surface area contributed by atoms with Crippen molar-refractivity contribution in [2.45, 2.75) is 52.1 Å². The number of cyclic esters (lactones) is 1. The van der Waals surface area contributed by atoms with E-state index >= 15 is 0 Å². The molecule has 2 rings (SSSR count). The van der Waals surface area contributed by atoms with Gasteiger partial charge in [-0.25, -0.2) is 0 Å². The lowest BCUT2D eigenvalue weighted by atomic mass is 9.78. The average Bonchev–Trinajstić information content (AvgIpc) is 2.67. The lowest BCUT2D eigenvalue weighted by molar-refractivity contribution is -0.152. The minimum absolute atomic E-state index is 0.247. The van der Waals surface area contributed by atoms with Gasteiger partial charge in [0.2, 0.25) is 0 Å². The van der Waals surface area contributed by atoms with Crippen LogP contribution in [0.2, 0.25) is 0 Å². The quantitative estimate of drug-likeness (QED) is 0.725. The molecule has 0 aromatic rings. The predicted octanol–water partition coefficient (Wildman–Crippen LogP) is 2.31. The van der Waals surface area contributed by atoms with Gasteiger partial charge < -0.3 is 9.47 Å². The van der Waals surface area contributed by atoms with E-state index in [1.54, 1.807) is 13.8 Å². The maximum atomic E-state index is 12.0. The molecule has 0 N–H and O–H groups in total. The van der Waals surface area contributed by atoms with Crippen molar-refractivity contribution < 1.29 is 19.1 Å². The Balaban J connectivity index is 2.10. The van der Waals surface area contributed by atoms with Crippen LogP contribution >= 0.6 is 0 Å². The van der Waals surface area contributed by atoms with E-state index < -0.39 is 5.92 Å². The van der Waals surface area contributed by atoms with Crippen LogP contribution in [0.5, 0.6) is 0 Å². The van der Waals surface area contributed by atoms with Crippen molar-refractivity contribution in [3.63, 3.8) is 0 Å². The van der Waals surface area contributed by atoms with Crippen LogP contribution in [-0.2, 0) is 19.1 Å². The van der Waals surface area contributed by atoms with E-state index in [9.17, 15) is 9.59 Å². The Bertz CT molecular complexity index is 320. The molecule has 0 aromatic carbocycles. The lowest BCUT2D eigenvalue weighted by Gasteiger charge is -2.29. The number of esters is 2. The van der Waals surface area contributed by atoms with Crippen LogP contribution in [0.15, 0.2) is 0 Å². The minimum atomic E-state index is -0.402. The summed E-state index contributed by atoms with van der Waals surface area (Å²) in [5.74, 6) is -0.950. The fourth-order valence-corrected chi connectivity index (χ4v) is 3.17. The molecule has 4 heteroatoms. The summed E-state index contributed by atoms with van der Waals surface area (Å²) in [5, 5.41) is 0. The molecule has 1 aliphatic carbocycles. The third kappa shape index (κ3) is 2.52. The Kier molecular flexibility index (Phi) is 4.25. The van der Waals surface area contributed by atoms with Gasteiger partial charge in [0, 0.05) is 0 Å². The maximum Gasteiger partial charge on any atom is 0.313 e. The van der Waals surface area contributed by atoms with E-state index in [1.165, 1.54) is 19.3 Å². The molecule has 1 aliphatic heterocycles. The summed E-state index contributed by atoms with van der Waals surface area (Å²) in [4.78, 5) is 23.7. The number of carbonyl (C=O) groups is 2. The van der Waals surface area contributed by atoms with Crippen LogP contribution in [0, 0.1) is 17.8 Å². The zero-order valence-corrected chi connectivity index (χ0v) is 11.2.